The highest BCUT2D eigenvalue weighted by molar-refractivity contribution is 7.85. The minimum atomic E-state index is 0.815. The van der Waals surface area contributed by atoms with Crippen molar-refractivity contribution < 1.29 is 0 Å². The summed E-state index contributed by atoms with van der Waals surface area (Å²) in [6.45, 7) is 11.5. The van der Waals surface area contributed by atoms with E-state index in [0.29, 0.717) is 0 Å². The van der Waals surface area contributed by atoms with Gasteiger partial charge in [0.1, 0.15) is 0 Å². The van der Waals surface area contributed by atoms with Gasteiger partial charge in [0.25, 0.3) is 0 Å². The Bertz CT molecular complexity index is 220. The summed E-state index contributed by atoms with van der Waals surface area (Å²) < 4.78 is 0. The van der Waals surface area contributed by atoms with Crippen LogP contribution in [0.2, 0.25) is 0 Å². The third-order valence-corrected chi connectivity index (χ3v) is 1.95. The van der Waals surface area contributed by atoms with Gasteiger partial charge in [-0.05, 0) is 27.7 Å². The van der Waals surface area contributed by atoms with Crippen LogP contribution in [0.5, 0.6) is 0 Å². The number of rotatable bonds is 2. The molecule has 0 aliphatic carbocycles. The Morgan fingerprint density at radius 2 is 1.64 bits per heavy atom. The van der Waals surface area contributed by atoms with Crippen LogP contribution in [0.15, 0.2) is 27.7 Å². The van der Waals surface area contributed by atoms with E-state index in [9.17, 15) is 0 Å². The lowest BCUT2D eigenvalue weighted by molar-refractivity contribution is 1.31. The van der Waals surface area contributed by atoms with E-state index in [4.69, 9.17) is 0 Å². The molecule has 2 heteroatoms. The monoisotopic (exact) mass is 169 g/mol. The topological polar surface area (TPSA) is 12.4 Å². The second kappa shape index (κ2) is 4.39. The molecular formula is C9H15NS. The molecule has 0 saturated carbocycles. The Morgan fingerprint density at radius 1 is 1.18 bits per heavy atom. The van der Waals surface area contributed by atoms with Gasteiger partial charge < -0.3 is 0 Å². The van der Waals surface area contributed by atoms with Crippen LogP contribution in [0.3, 0.4) is 0 Å². The van der Waals surface area contributed by atoms with Crippen LogP contribution < -0.4 is 0 Å². The third-order valence-electron chi connectivity index (χ3n) is 1.17. The van der Waals surface area contributed by atoms with Crippen LogP contribution in [0, 0.1) is 0 Å². The number of allylic oxidation sites excluding steroid dienone is 3. The summed E-state index contributed by atoms with van der Waals surface area (Å²) in [4.78, 5) is 5.14. The van der Waals surface area contributed by atoms with E-state index < -0.39 is 0 Å². The molecule has 0 fully saturated rings. The Kier molecular flexibility index (Phi) is 4.19. The minimum absolute atomic E-state index is 0.815. The van der Waals surface area contributed by atoms with Crippen LogP contribution in [0.4, 0.5) is 0 Å². The molecule has 0 N–H and O–H groups in total. The van der Waals surface area contributed by atoms with Gasteiger partial charge in [0.15, 0.2) is 0 Å². The summed E-state index contributed by atoms with van der Waals surface area (Å²) in [5, 5.41) is 0. The van der Waals surface area contributed by atoms with Crippen molar-refractivity contribution in [1.82, 2.24) is 0 Å². The molecule has 0 atom stereocenters. The lowest BCUT2D eigenvalue weighted by Gasteiger charge is -2.01. The molecule has 1 nitrogen and oxygen atoms in total. The maximum atomic E-state index is 4.30. The van der Waals surface area contributed by atoms with Crippen molar-refractivity contribution in [2.75, 3.05) is 0 Å². The minimum Gasteiger partial charge on any atom is -0.258 e. The largest absolute Gasteiger partial charge is 0.258 e. The predicted octanol–water partition coefficient (Wildman–Crippen LogP) is 3.20. The summed E-state index contributed by atoms with van der Waals surface area (Å²) in [5.74, 6) is 0. The number of nitrogens with zero attached hydrogens (tertiary/aromatic N) is 1. The molecule has 0 amide bonds. The first-order chi connectivity index (χ1) is 4.95. The zero-order valence-electron chi connectivity index (χ0n) is 7.60. The molecule has 0 aliphatic heterocycles. The summed E-state index contributed by atoms with van der Waals surface area (Å²) in [6, 6.07) is 0. The van der Waals surface area contributed by atoms with Gasteiger partial charge in [0.2, 0.25) is 0 Å². The molecular weight excluding hydrogens is 154 g/mol. The molecule has 11 heavy (non-hydrogen) atoms. The molecule has 0 aromatic rings. The zero-order chi connectivity index (χ0) is 9.02. The molecule has 0 unspecified atom stereocenters. The van der Waals surface area contributed by atoms with E-state index in [0.717, 1.165) is 16.3 Å². The van der Waals surface area contributed by atoms with Crippen molar-refractivity contribution in [3.63, 3.8) is 0 Å². The fourth-order valence-corrected chi connectivity index (χ4v) is 0.751. The fraction of sp³-hybridized carbons (Fsp3) is 0.444. The van der Waals surface area contributed by atoms with Gasteiger partial charge in [-0.3, -0.25) is 4.99 Å². The molecule has 0 radical (unpaired) electrons. The van der Waals surface area contributed by atoms with Crippen molar-refractivity contribution in [3.8, 4) is 0 Å². The first kappa shape index (κ1) is 10.5. The van der Waals surface area contributed by atoms with E-state index in [2.05, 4.69) is 24.2 Å². The summed E-state index contributed by atoms with van der Waals surface area (Å²) in [6.07, 6.45) is 0. The van der Waals surface area contributed by atoms with E-state index in [1.54, 1.807) is 0 Å². The van der Waals surface area contributed by atoms with Crippen LogP contribution in [-0.2, 0) is 0 Å². The average molecular weight is 169 g/mol. The lowest BCUT2D eigenvalue weighted by Crippen LogP contribution is -1.93. The highest BCUT2D eigenvalue weighted by Gasteiger charge is 1.96. The molecule has 0 heterocycles. The Hall–Kier alpha value is -0.500. The molecule has 0 aliphatic rings. The van der Waals surface area contributed by atoms with Gasteiger partial charge >= 0.3 is 0 Å². The van der Waals surface area contributed by atoms with Crippen LogP contribution in [0.1, 0.15) is 27.7 Å². The van der Waals surface area contributed by atoms with Crippen molar-refractivity contribution in [3.05, 3.63) is 22.8 Å². The fourth-order valence-electron chi connectivity index (χ4n) is 0.701. The maximum Gasteiger partial charge on any atom is 0.0507 e. The second-order valence-corrected chi connectivity index (χ2v) is 3.23. The normalized spacial score (nSPS) is 11.2. The lowest BCUT2D eigenvalue weighted by atomic mass is 10.2. The molecule has 0 bridgehead atoms. The Labute approximate surface area is 74.3 Å². The van der Waals surface area contributed by atoms with Crippen LogP contribution in [0.25, 0.3) is 0 Å². The molecule has 0 aromatic carbocycles. The van der Waals surface area contributed by atoms with Gasteiger partial charge in [0, 0.05) is 10.6 Å². The van der Waals surface area contributed by atoms with Crippen molar-refractivity contribution in [2.24, 2.45) is 4.99 Å². The van der Waals surface area contributed by atoms with Crippen molar-refractivity contribution in [1.29, 1.82) is 0 Å². The van der Waals surface area contributed by atoms with Crippen LogP contribution in [-0.4, -0.2) is 5.71 Å². The predicted molar refractivity (Wildman–Crippen MR) is 55.3 cm³/mol. The first-order valence-electron chi connectivity index (χ1n) is 3.52. The van der Waals surface area contributed by atoms with E-state index in [1.807, 2.05) is 27.7 Å². The molecule has 0 aromatic heterocycles. The first-order valence-corrected chi connectivity index (χ1v) is 3.97. The smallest absolute Gasteiger partial charge is 0.0507 e. The van der Waals surface area contributed by atoms with Crippen LogP contribution >= 0.6 is 12.6 Å². The van der Waals surface area contributed by atoms with E-state index in [-0.39, 0.29) is 0 Å². The number of thiol groups is 1. The van der Waals surface area contributed by atoms with Gasteiger partial charge in [-0.2, -0.15) is 0 Å². The quantitative estimate of drug-likeness (QED) is 0.481. The summed E-state index contributed by atoms with van der Waals surface area (Å²) in [7, 11) is 0. The zero-order valence-corrected chi connectivity index (χ0v) is 8.50. The van der Waals surface area contributed by atoms with Gasteiger partial charge in [-0.15, -0.1) is 12.6 Å². The SMILES string of the molecule is C=C(C)/N=C(/C)C(S)=C(C)C. The average Bonchev–Trinajstić information content (AvgIpc) is 1.84. The highest BCUT2D eigenvalue weighted by Crippen LogP contribution is 2.11. The van der Waals surface area contributed by atoms with Crippen molar-refractivity contribution in [2.45, 2.75) is 27.7 Å². The second-order valence-electron chi connectivity index (χ2n) is 2.78. The Morgan fingerprint density at radius 3 is 1.91 bits per heavy atom. The standard InChI is InChI=1S/C9H15NS/c1-6(2)9(11)8(5)10-7(3)4/h11H,3H2,1-2,4-5H3/b10-8-. The number of hydrogen-bond acceptors (Lipinski definition) is 2. The number of aliphatic imine (C=N–C) groups is 1. The maximum absolute atomic E-state index is 4.30. The molecule has 0 saturated heterocycles. The summed E-state index contributed by atoms with van der Waals surface area (Å²) >= 11 is 4.30. The third kappa shape index (κ3) is 4.04. The van der Waals surface area contributed by atoms with E-state index >= 15 is 0 Å². The molecule has 0 rings (SSSR count). The molecule has 62 valence electrons. The van der Waals surface area contributed by atoms with E-state index in [1.165, 1.54) is 5.57 Å². The van der Waals surface area contributed by atoms with Gasteiger partial charge in [-0.25, -0.2) is 0 Å². The van der Waals surface area contributed by atoms with Gasteiger partial charge in [0.05, 0.1) is 5.71 Å². The summed E-state index contributed by atoms with van der Waals surface area (Å²) in [5.41, 5.74) is 2.92. The van der Waals surface area contributed by atoms with Crippen molar-refractivity contribution >= 4 is 18.3 Å². The van der Waals surface area contributed by atoms with Gasteiger partial charge in [-0.1, -0.05) is 12.2 Å². The molecule has 0 spiro atoms. The number of hydrogen-bond donors (Lipinski definition) is 1. The Balaban J connectivity index is 4.63. The highest BCUT2D eigenvalue weighted by atomic mass is 32.1.